The number of piperazine rings is 1. The Hall–Kier alpha value is -2.96. The predicted octanol–water partition coefficient (Wildman–Crippen LogP) is 3.86. The molecule has 0 amide bonds. The Morgan fingerprint density at radius 1 is 0.941 bits per heavy atom. The lowest BCUT2D eigenvalue weighted by atomic mass is 10.0. The molecule has 1 unspecified atom stereocenters. The Morgan fingerprint density at radius 2 is 1.71 bits per heavy atom. The molecule has 1 aliphatic heterocycles. The van der Waals surface area contributed by atoms with Crippen LogP contribution in [0.25, 0.3) is 0 Å². The van der Waals surface area contributed by atoms with Crippen LogP contribution in [0.4, 0.5) is 5.82 Å². The number of hydrogen-bond acceptors (Lipinski definition) is 6. The quantitative estimate of drug-likeness (QED) is 0.551. The van der Waals surface area contributed by atoms with E-state index in [0.29, 0.717) is 13.2 Å². The number of nitrogens with zero attached hydrogens (tertiary/aromatic N) is 4. The molecule has 0 bridgehead atoms. The van der Waals surface area contributed by atoms with Crippen molar-refractivity contribution >= 4 is 5.82 Å². The molecular formula is C28H36N4O2. The molecule has 6 nitrogen and oxygen atoms in total. The summed E-state index contributed by atoms with van der Waals surface area (Å²) in [6.07, 6.45) is 0.310. The monoisotopic (exact) mass is 460 g/mol. The number of aliphatic hydroxyl groups excluding tert-OH is 1. The van der Waals surface area contributed by atoms with Gasteiger partial charge in [-0.25, -0.2) is 9.97 Å². The second-order valence-electron chi connectivity index (χ2n) is 9.34. The number of para-hydroxylation sites is 1. The third-order valence-corrected chi connectivity index (χ3v) is 6.43. The van der Waals surface area contributed by atoms with Gasteiger partial charge in [-0.05, 0) is 44.9 Å². The SMILES string of the molecule is Cc1cccc(Cc2c(C)nc(C)nc2N2CCN(CC(O)COc3ccccc3C)CC2)c1. The molecule has 1 atom stereocenters. The Balaban J connectivity index is 1.36. The van der Waals surface area contributed by atoms with Gasteiger partial charge in [-0.1, -0.05) is 48.0 Å². The van der Waals surface area contributed by atoms with Crippen LogP contribution in [0.1, 0.15) is 33.8 Å². The molecule has 0 aliphatic carbocycles. The van der Waals surface area contributed by atoms with Gasteiger partial charge in [0, 0.05) is 50.4 Å². The van der Waals surface area contributed by atoms with Gasteiger partial charge in [0.05, 0.1) is 0 Å². The van der Waals surface area contributed by atoms with Crippen LogP contribution < -0.4 is 9.64 Å². The topological polar surface area (TPSA) is 61.7 Å². The molecule has 180 valence electrons. The first kappa shape index (κ1) is 24.2. The summed E-state index contributed by atoms with van der Waals surface area (Å²) in [5, 5.41) is 10.5. The van der Waals surface area contributed by atoms with Gasteiger partial charge in [-0.3, -0.25) is 4.90 Å². The van der Waals surface area contributed by atoms with Gasteiger partial charge in [0.25, 0.3) is 0 Å². The van der Waals surface area contributed by atoms with Crippen LogP contribution in [0, 0.1) is 27.7 Å². The second kappa shape index (κ2) is 11.0. The molecule has 1 saturated heterocycles. The van der Waals surface area contributed by atoms with Crippen molar-refractivity contribution < 1.29 is 9.84 Å². The van der Waals surface area contributed by atoms with Gasteiger partial charge in [0.2, 0.25) is 0 Å². The van der Waals surface area contributed by atoms with Crippen molar-refractivity contribution in [2.75, 3.05) is 44.2 Å². The summed E-state index contributed by atoms with van der Waals surface area (Å²) in [5.74, 6) is 2.70. The van der Waals surface area contributed by atoms with Gasteiger partial charge in [0.15, 0.2) is 0 Å². The van der Waals surface area contributed by atoms with Crippen molar-refractivity contribution in [1.29, 1.82) is 0 Å². The zero-order chi connectivity index (χ0) is 24.1. The summed E-state index contributed by atoms with van der Waals surface area (Å²) in [5.41, 5.74) is 5.89. The highest BCUT2D eigenvalue weighted by Crippen LogP contribution is 2.25. The van der Waals surface area contributed by atoms with E-state index in [2.05, 4.69) is 52.9 Å². The van der Waals surface area contributed by atoms with Crippen molar-refractivity contribution in [3.05, 3.63) is 82.3 Å². The van der Waals surface area contributed by atoms with E-state index in [4.69, 9.17) is 9.72 Å². The molecule has 3 aromatic rings. The van der Waals surface area contributed by atoms with E-state index in [1.54, 1.807) is 0 Å². The van der Waals surface area contributed by atoms with E-state index in [0.717, 1.165) is 61.2 Å². The van der Waals surface area contributed by atoms with Crippen molar-refractivity contribution in [3.63, 3.8) is 0 Å². The predicted molar refractivity (Wildman–Crippen MR) is 137 cm³/mol. The largest absolute Gasteiger partial charge is 0.491 e. The van der Waals surface area contributed by atoms with Crippen LogP contribution in [0.2, 0.25) is 0 Å². The minimum Gasteiger partial charge on any atom is -0.491 e. The number of anilines is 1. The average Bonchev–Trinajstić information content (AvgIpc) is 2.81. The molecule has 1 N–H and O–H groups in total. The summed E-state index contributed by atoms with van der Waals surface area (Å²) in [6.45, 7) is 12.6. The minimum absolute atomic E-state index is 0.302. The number of ether oxygens (including phenoxy) is 1. The molecule has 2 heterocycles. The number of β-amino-alcohol motifs (C(OH)–C–C–N with tert-alkyl or cyclic N) is 1. The summed E-state index contributed by atoms with van der Waals surface area (Å²) < 4.78 is 5.83. The smallest absolute Gasteiger partial charge is 0.136 e. The van der Waals surface area contributed by atoms with Crippen LogP contribution >= 0.6 is 0 Å². The van der Waals surface area contributed by atoms with Crippen LogP contribution in [-0.2, 0) is 6.42 Å². The first-order valence-corrected chi connectivity index (χ1v) is 12.1. The molecule has 1 aromatic heterocycles. The fraction of sp³-hybridized carbons (Fsp3) is 0.429. The average molecular weight is 461 g/mol. The van der Waals surface area contributed by atoms with E-state index in [9.17, 15) is 5.11 Å². The molecule has 0 radical (unpaired) electrons. The Kier molecular flexibility index (Phi) is 7.80. The second-order valence-corrected chi connectivity index (χ2v) is 9.34. The van der Waals surface area contributed by atoms with Crippen molar-refractivity contribution in [2.24, 2.45) is 0 Å². The van der Waals surface area contributed by atoms with E-state index in [-0.39, 0.29) is 0 Å². The Morgan fingerprint density at radius 3 is 2.44 bits per heavy atom. The number of rotatable bonds is 8. The molecule has 4 rings (SSSR count). The Bertz CT molecular complexity index is 1110. The maximum absolute atomic E-state index is 10.5. The van der Waals surface area contributed by atoms with Gasteiger partial charge >= 0.3 is 0 Å². The van der Waals surface area contributed by atoms with Crippen molar-refractivity contribution in [2.45, 2.75) is 40.2 Å². The lowest BCUT2D eigenvalue weighted by Crippen LogP contribution is -2.49. The van der Waals surface area contributed by atoms with Crippen LogP contribution in [0.3, 0.4) is 0 Å². The molecule has 34 heavy (non-hydrogen) atoms. The molecule has 6 heteroatoms. The maximum atomic E-state index is 10.5. The minimum atomic E-state index is -0.522. The number of hydrogen-bond donors (Lipinski definition) is 1. The third kappa shape index (κ3) is 6.13. The van der Waals surface area contributed by atoms with E-state index >= 15 is 0 Å². The molecule has 0 spiro atoms. The zero-order valence-electron chi connectivity index (χ0n) is 20.8. The van der Waals surface area contributed by atoms with Crippen molar-refractivity contribution in [1.82, 2.24) is 14.9 Å². The van der Waals surface area contributed by atoms with E-state index in [1.165, 1.54) is 16.7 Å². The highest BCUT2D eigenvalue weighted by Gasteiger charge is 2.24. The molecular weight excluding hydrogens is 424 g/mol. The number of benzene rings is 2. The zero-order valence-corrected chi connectivity index (χ0v) is 20.8. The number of aryl methyl sites for hydroxylation is 4. The van der Waals surface area contributed by atoms with Gasteiger partial charge in [-0.2, -0.15) is 0 Å². The highest BCUT2D eigenvalue weighted by atomic mass is 16.5. The molecule has 1 fully saturated rings. The number of aromatic nitrogens is 2. The van der Waals surface area contributed by atoms with Crippen molar-refractivity contribution in [3.8, 4) is 5.75 Å². The van der Waals surface area contributed by atoms with E-state index < -0.39 is 6.10 Å². The van der Waals surface area contributed by atoms with Gasteiger partial charge in [0.1, 0.15) is 30.1 Å². The molecule has 1 aliphatic rings. The fourth-order valence-electron chi connectivity index (χ4n) is 4.61. The maximum Gasteiger partial charge on any atom is 0.136 e. The molecule has 0 saturated carbocycles. The Labute approximate surface area is 203 Å². The lowest BCUT2D eigenvalue weighted by molar-refractivity contribution is 0.0660. The highest BCUT2D eigenvalue weighted by molar-refractivity contribution is 5.52. The normalized spacial score (nSPS) is 15.4. The summed E-state index contributed by atoms with van der Waals surface area (Å²) >= 11 is 0. The van der Waals surface area contributed by atoms with Gasteiger partial charge in [-0.15, -0.1) is 0 Å². The summed E-state index contributed by atoms with van der Waals surface area (Å²) in [4.78, 5) is 14.2. The van der Waals surface area contributed by atoms with Crippen LogP contribution in [0.5, 0.6) is 5.75 Å². The fourth-order valence-corrected chi connectivity index (χ4v) is 4.61. The van der Waals surface area contributed by atoms with Gasteiger partial charge < -0.3 is 14.7 Å². The standard InChI is InChI=1S/C28H36N4O2/c1-20-8-7-10-24(16-20)17-26-22(3)29-23(4)30-28(26)32-14-12-31(13-15-32)18-25(33)19-34-27-11-6-5-9-21(27)2/h5-11,16,25,33H,12-15,17-19H2,1-4H3. The first-order valence-electron chi connectivity index (χ1n) is 12.1. The van der Waals surface area contributed by atoms with E-state index in [1.807, 2.05) is 38.1 Å². The lowest BCUT2D eigenvalue weighted by Gasteiger charge is -2.37. The number of aliphatic hydroxyl groups is 1. The van der Waals surface area contributed by atoms with Crippen LogP contribution in [0.15, 0.2) is 48.5 Å². The summed E-state index contributed by atoms with van der Waals surface area (Å²) in [7, 11) is 0. The third-order valence-electron chi connectivity index (χ3n) is 6.43. The molecule has 2 aromatic carbocycles. The summed E-state index contributed by atoms with van der Waals surface area (Å²) in [6, 6.07) is 16.6. The van der Waals surface area contributed by atoms with Crippen LogP contribution in [-0.4, -0.2) is 65.4 Å². The first-order chi connectivity index (χ1) is 16.4.